The minimum atomic E-state index is -0.575. The van der Waals surface area contributed by atoms with Crippen molar-refractivity contribution in [3.05, 3.63) is 40.7 Å². The summed E-state index contributed by atoms with van der Waals surface area (Å²) in [7, 11) is 3.00. The molecule has 0 aliphatic carbocycles. The Hall–Kier alpha value is -3.10. The smallest absolute Gasteiger partial charge is 0.307 e. The average molecular weight is 306 g/mol. The van der Waals surface area contributed by atoms with Crippen molar-refractivity contribution in [1.82, 2.24) is 9.78 Å². The summed E-state index contributed by atoms with van der Waals surface area (Å²) < 4.78 is 11.4. The van der Waals surface area contributed by atoms with Gasteiger partial charge in [0.25, 0.3) is 0 Å². The molecule has 9 nitrogen and oxygen atoms in total. The monoisotopic (exact) mass is 306 g/mol. The van der Waals surface area contributed by atoms with Crippen molar-refractivity contribution in [3.63, 3.8) is 0 Å². The van der Waals surface area contributed by atoms with E-state index in [0.29, 0.717) is 17.2 Å². The molecule has 0 unspecified atom stereocenters. The van der Waals surface area contributed by atoms with E-state index in [2.05, 4.69) is 10.4 Å². The number of hydrogen-bond acceptors (Lipinski definition) is 6. The molecule has 0 atom stereocenters. The van der Waals surface area contributed by atoms with Crippen molar-refractivity contribution in [3.8, 4) is 11.5 Å². The molecular formula is C13H14N4O5. The highest BCUT2D eigenvalue weighted by Gasteiger charge is 2.13. The SMILES string of the molecule is COc1ccc(NC(=O)Cn2cc([N+](=O)[O-])cn2)c(OC)c1. The van der Waals surface area contributed by atoms with Crippen LogP contribution in [0.15, 0.2) is 30.6 Å². The molecule has 0 aliphatic rings. The van der Waals surface area contributed by atoms with E-state index in [0.717, 1.165) is 6.20 Å². The molecule has 116 valence electrons. The van der Waals surface area contributed by atoms with Gasteiger partial charge in [-0.25, -0.2) is 0 Å². The Labute approximate surface area is 125 Å². The van der Waals surface area contributed by atoms with E-state index >= 15 is 0 Å². The average Bonchev–Trinajstić information content (AvgIpc) is 2.96. The minimum Gasteiger partial charge on any atom is -0.497 e. The number of anilines is 1. The lowest BCUT2D eigenvalue weighted by Crippen LogP contribution is -2.19. The van der Waals surface area contributed by atoms with Crippen molar-refractivity contribution in [2.24, 2.45) is 0 Å². The molecule has 0 spiro atoms. The number of ether oxygens (including phenoxy) is 2. The molecule has 1 heterocycles. The quantitative estimate of drug-likeness (QED) is 0.639. The van der Waals surface area contributed by atoms with Crippen LogP contribution in [-0.4, -0.2) is 34.8 Å². The first kappa shape index (κ1) is 15.3. The summed E-state index contributed by atoms with van der Waals surface area (Å²) in [6, 6.07) is 4.95. The van der Waals surface area contributed by atoms with Crippen LogP contribution in [0.5, 0.6) is 11.5 Å². The number of nitrogens with zero attached hydrogens (tertiary/aromatic N) is 3. The zero-order valence-corrected chi connectivity index (χ0v) is 12.0. The van der Waals surface area contributed by atoms with Gasteiger partial charge in [-0.2, -0.15) is 5.10 Å². The molecule has 0 radical (unpaired) electrons. The van der Waals surface area contributed by atoms with E-state index in [1.165, 1.54) is 25.1 Å². The topological polar surface area (TPSA) is 109 Å². The maximum Gasteiger partial charge on any atom is 0.307 e. The lowest BCUT2D eigenvalue weighted by atomic mass is 10.2. The first-order valence-corrected chi connectivity index (χ1v) is 6.22. The summed E-state index contributed by atoms with van der Waals surface area (Å²) in [6.45, 7) is -0.150. The Balaban J connectivity index is 2.06. The maximum atomic E-state index is 12.0. The van der Waals surface area contributed by atoms with Gasteiger partial charge in [0.05, 0.1) is 24.8 Å². The molecule has 9 heteroatoms. The Morgan fingerprint density at radius 2 is 2.18 bits per heavy atom. The first-order valence-electron chi connectivity index (χ1n) is 6.22. The number of benzene rings is 1. The molecule has 0 bridgehead atoms. The minimum absolute atomic E-state index is 0.150. The zero-order valence-electron chi connectivity index (χ0n) is 12.0. The molecule has 1 amide bonds. The lowest BCUT2D eigenvalue weighted by molar-refractivity contribution is -0.385. The van der Waals surface area contributed by atoms with Gasteiger partial charge in [0.2, 0.25) is 5.91 Å². The number of nitrogens with one attached hydrogen (secondary N) is 1. The summed E-state index contributed by atoms with van der Waals surface area (Å²) in [6.07, 6.45) is 2.27. The summed E-state index contributed by atoms with van der Waals surface area (Å²) >= 11 is 0. The summed E-state index contributed by atoms with van der Waals surface area (Å²) in [4.78, 5) is 21.9. The predicted octanol–water partition coefficient (Wildman–Crippen LogP) is 1.45. The van der Waals surface area contributed by atoms with Crippen LogP contribution in [0.4, 0.5) is 11.4 Å². The van der Waals surface area contributed by atoms with E-state index in [1.54, 1.807) is 18.2 Å². The van der Waals surface area contributed by atoms with Crippen molar-refractivity contribution >= 4 is 17.3 Å². The molecule has 2 rings (SSSR count). The molecule has 1 N–H and O–H groups in total. The first-order chi connectivity index (χ1) is 10.5. The summed E-state index contributed by atoms with van der Waals surface area (Å²) in [5.41, 5.74) is 0.296. The number of carbonyl (C=O) groups is 1. The van der Waals surface area contributed by atoms with Gasteiger partial charge >= 0.3 is 5.69 Å². The third-order valence-corrected chi connectivity index (χ3v) is 2.82. The molecule has 22 heavy (non-hydrogen) atoms. The Morgan fingerprint density at radius 1 is 1.41 bits per heavy atom. The molecule has 1 aromatic carbocycles. The van der Waals surface area contributed by atoms with Gasteiger partial charge in [-0.15, -0.1) is 0 Å². The van der Waals surface area contributed by atoms with Crippen LogP contribution < -0.4 is 14.8 Å². The normalized spacial score (nSPS) is 10.1. The number of rotatable bonds is 6. The number of methoxy groups -OCH3 is 2. The van der Waals surface area contributed by atoms with Gasteiger partial charge in [0.1, 0.15) is 30.4 Å². The van der Waals surface area contributed by atoms with E-state index in [9.17, 15) is 14.9 Å². The summed E-state index contributed by atoms with van der Waals surface area (Å²) in [5.74, 6) is 0.651. The van der Waals surface area contributed by atoms with Crippen LogP contribution in [0.1, 0.15) is 0 Å². The fraction of sp³-hybridized carbons (Fsp3) is 0.231. The third-order valence-electron chi connectivity index (χ3n) is 2.82. The fourth-order valence-electron chi connectivity index (χ4n) is 1.77. The van der Waals surface area contributed by atoms with Gasteiger partial charge in [-0.05, 0) is 12.1 Å². The second-order valence-electron chi connectivity index (χ2n) is 4.27. The van der Waals surface area contributed by atoms with Gasteiger partial charge in [-0.1, -0.05) is 0 Å². The zero-order chi connectivity index (χ0) is 16.1. The second-order valence-corrected chi connectivity index (χ2v) is 4.27. The second kappa shape index (κ2) is 6.57. The molecule has 1 aromatic heterocycles. The van der Waals surface area contributed by atoms with Crippen LogP contribution in [0.2, 0.25) is 0 Å². The van der Waals surface area contributed by atoms with Crippen molar-refractivity contribution < 1.29 is 19.2 Å². The predicted molar refractivity (Wildman–Crippen MR) is 77.1 cm³/mol. The van der Waals surface area contributed by atoms with E-state index in [1.807, 2.05) is 0 Å². The number of aromatic nitrogens is 2. The lowest BCUT2D eigenvalue weighted by Gasteiger charge is -2.11. The van der Waals surface area contributed by atoms with Crippen LogP contribution in [0.3, 0.4) is 0 Å². The highest BCUT2D eigenvalue weighted by atomic mass is 16.6. The number of carbonyl (C=O) groups excluding carboxylic acids is 1. The van der Waals surface area contributed by atoms with Gasteiger partial charge < -0.3 is 14.8 Å². The van der Waals surface area contributed by atoms with Crippen LogP contribution in [0.25, 0.3) is 0 Å². The molecule has 0 saturated heterocycles. The fourth-order valence-corrected chi connectivity index (χ4v) is 1.77. The molecule has 0 aliphatic heterocycles. The van der Waals surface area contributed by atoms with Crippen LogP contribution in [-0.2, 0) is 11.3 Å². The molecule has 0 saturated carbocycles. The van der Waals surface area contributed by atoms with Crippen molar-refractivity contribution in [2.45, 2.75) is 6.54 Å². The van der Waals surface area contributed by atoms with Gasteiger partial charge in [0, 0.05) is 6.07 Å². The number of amides is 1. The Kier molecular flexibility index (Phi) is 4.57. The van der Waals surface area contributed by atoms with Gasteiger partial charge in [-0.3, -0.25) is 19.6 Å². The molecular weight excluding hydrogens is 292 g/mol. The molecule has 2 aromatic rings. The van der Waals surface area contributed by atoms with Crippen molar-refractivity contribution in [1.29, 1.82) is 0 Å². The van der Waals surface area contributed by atoms with Crippen LogP contribution in [0, 0.1) is 10.1 Å². The van der Waals surface area contributed by atoms with E-state index in [-0.39, 0.29) is 18.1 Å². The highest BCUT2D eigenvalue weighted by molar-refractivity contribution is 5.92. The Bertz CT molecular complexity index is 697. The van der Waals surface area contributed by atoms with E-state index < -0.39 is 4.92 Å². The standard InChI is InChI=1S/C13H14N4O5/c1-21-10-3-4-11(12(5-10)22-2)15-13(18)8-16-7-9(6-14-16)17(19)20/h3-7H,8H2,1-2H3,(H,15,18). The van der Waals surface area contributed by atoms with Crippen LogP contribution >= 0.6 is 0 Å². The summed E-state index contributed by atoms with van der Waals surface area (Å²) in [5, 5.41) is 17.0. The third kappa shape index (κ3) is 3.51. The van der Waals surface area contributed by atoms with Gasteiger partial charge in [0.15, 0.2) is 0 Å². The highest BCUT2D eigenvalue weighted by Crippen LogP contribution is 2.28. The number of hydrogen-bond donors (Lipinski definition) is 1. The largest absolute Gasteiger partial charge is 0.497 e. The van der Waals surface area contributed by atoms with E-state index in [4.69, 9.17) is 9.47 Å². The van der Waals surface area contributed by atoms with Crippen molar-refractivity contribution in [2.75, 3.05) is 19.5 Å². The number of nitro groups is 1. The Morgan fingerprint density at radius 3 is 2.77 bits per heavy atom. The maximum absolute atomic E-state index is 12.0. The molecule has 0 fully saturated rings.